The van der Waals surface area contributed by atoms with E-state index in [-0.39, 0.29) is 0 Å². The Balaban J connectivity index is 2.28. The quantitative estimate of drug-likeness (QED) is 0.684. The predicted octanol–water partition coefficient (Wildman–Crippen LogP) is 3.40. The zero-order valence-electron chi connectivity index (χ0n) is 10.8. The summed E-state index contributed by atoms with van der Waals surface area (Å²) in [4.78, 5) is 0. The third kappa shape index (κ3) is 4.78. The molecular formula is C13H27NS. The van der Waals surface area contributed by atoms with E-state index in [1.54, 1.807) is 0 Å². The van der Waals surface area contributed by atoms with Gasteiger partial charge in [-0.2, -0.15) is 11.8 Å². The van der Waals surface area contributed by atoms with E-state index < -0.39 is 0 Å². The summed E-state index contributed by atoms with van der Waals surface area (Å²) in [6, 6.07) is 0. The van der Waals surface area contributed by atoms with Crippen molar-refractivity contribution in [3.05, 3.63) is 0 Å². The largest absolute Gasteiger partial charge is 0.316 e. The highest BCUT2D eigenvalue weighted by molar-refractivity contribution is 7.98. The van der Waals surface area contributed by atoms with Crippen LogP contribution in [-0.4, -0.2) is 25.1 Å². The first-order chi connectivity index (χ1) is 7.08. The van der Waals surface area contributed by atoms with Gasteiger partial charge in [-0.05, 0) is 55.1 Å². The molecule has 0 saturated heterocycles. The number of hydrogen-bond donors (Lipinski definition) is 1. The summed E-state index contributed by atoms with van der Waals surface area (Å²) in [7, 11) is 0. The van der Waals surface area contributed by atoms with Gasteiger partial charge >= 0.3 is 0 Å². The second-order valence-corrected chi connectivity index (χ2v) is 6.68. The van der Waals surface area contributed by atoms with E-state index in [2.05, 4.69) is 32.3 Å². The van der Waals surface area contributed by atoms with Crippen molar-refractivity contribution in [2.45, 2.75) is 40.0 Å². The first-order valence-corrected chi connectivity index (χ1v) is 7.67. The van der Waals surface area contributed by atoms with Crippen molar-refractivity contribution in [2.75, 3.05) is 25.1 Å². The minimum Gasteiger partial charge on any atom is -0.316 e. The van der Waals surface area contributed by atoms with Crippen LogP contribution in [0.1, 0.15) is 40.0 Å². The van der Waals surface area contributed by atoms with Crippen molar-refractivity contribution >= 4 is 11.8 Å². The summed E-state index contributed by atoms with van der Waals surface area (Å²) in [5.41, 5.74) is 0.567. The van der Waals surface area contributed by atoms with Gasteiger partial charge < -0.3 is 5.32 Å². The van der Waals surface area contributed by atoms with Gasteiger partial charge in [-0.15, -0.1) is 0 Å². The molecule has 0 bridgehead atoms. The molecule has 2 heteroatoms. The van der Waals surface area contributed by atoms with Crippen LogP contribution in [0.4, 0.5) is 0 Å². The highest BCUT2D eigenvalue weighted by Gasteiger charge is 2.40. The van der Waals surface area contributed by atoms with Gasteiger partial charge in [0.25, 0.3) is 0 Å². The molecular weight excluding hydrogens is 202 g/mol. The van der Waals surface area contributed by atoms with Crippen LogP contribution in [0.15, 0.2) is 0 Å². The Morgan fingerprint density at radius 2 is 2.07 bits per heavy atom. The van der Waals surface area contributed by atoms with Crippen molar-refractivity contribution in [2.24, 2.45) is 17.3 Å². The van der Waals surface area contributed by atoms with E-state index in [1.807, 2.05) is 11.8 Å². The third-order valence-electron chi connectivity index (χ3n) is 3.52. The minimum absolute atomic E-state index is 0.567. The fraction of sp³-hybridized carbons (Fsp3) is 1.00. The molecule has 90 valence electrons. The maximum absolute atomic E-state index is 3.65. The minimum atomic E-state index is 0.567. The maximum atomic E-state index is 3.65. The van der Waals surface area contributed by atoms with Crippen LogP contribution in [0.25, 0.3) is 0 Å². The zero-order chi connectivity index (χ0) is 11.3. The van der Waals surface area contributed by atoms with Crippen LogP contribution in [0.3, 0.4) is 0 Å². The summed E-state index contributed by atoms with van der Waals surface area (Å²) in [6.45, 7) is 9.43. The van der Waals surface area contributed by atoms with Crippen molar-refractivity contribution in [3.8, 4) is 0 Å². The molecule has 1 N–H and O–H groups in total. The fourth-order valence-corrected chi connectivity index (χ4v) is 2.87. The standard InChI is InChI=1S/C13H27NS/c1-11(2)9-14-10-13(3,7-8-15-4)12-5-6-12/h11-12,14H,5-10H2,1-4H3. The molecule has 0 spiro atoms. The Bertz CT molecular complexity index is 177. The van der Waals surface area contributed by atoms with Crippen LogP contribution >= 0.6 is 11.8 Å². The second-order valence-electron chi connectivity index (χ2n) is 5.70. The smallest absolute Gasteiger partial charge is 0.000822 e. The van der Waals surface area contributed by atoms with Crippen LogP contribution < -0.4 is 5.32 Å². The van der Waals surface area contributed by atoms with Gasteiger partial charge in [0.15, 0.2) is 0 Å². The Hall–Kier alpha value is 0.310. The molecule has 0 radical (unpaired) electrons. The molecule has 0 heterocycles. The molecule has 1 aliphatic rings. The average molecular weight is 229 g/mol. The average Bonchev–Trinajstić information content (AvgIpc) is 2.97. The Morgan fingerprint density at radius 3 is 2.53 bits per heavy atom. The molecule has 1 nitrogen and oxygen atoms in total. The molecule has 0 aromatic carbocycles. The lowest BCUT2D eigenvalue weighted by atomic mass is 9.82. The highest BCUT2D eigenvalue weighted by Crippen LogP contribution is 2.47. The van der Waals surface area contributed by atoms with E-state index >= 15 is 0 Å². The van der Waals surface area contributed by atoms with Gasteiger partial charge in [0.1, 0.15) is 0 Å². The first-order valence-electron chi connectivity index (χ1n) is 6.28. The van der Waals surface area contributed by atoms with Gasteiger partial charge in [-0.3, -0.25) is 0 Å². The Morgan fingerprint density at radius 1 is 1.40 bits per heavy atom. The van der Waals surface area contributed by atoms with Crippen molar-refractivity contribution < 1.29 is 0 Å². The number of nitrogens with one attached hydrogen (secondary N) is 1. The SMILES string of the molecule is CSCCC(C)(CNCC(C)C)C1CC1. The summed E-state index contributed by atoms with van der Waals surface area (Å²) in [6.07, 6.45) is 6.53. The number of thioether (sulfide) groups is 1. The van der Waals surface area contributed by atoms with Crippen molar-refractivity contribution in [1.82, 2.24) is 5.32 Å². The predicted molar refractivity (Wildman–Crippen MR) is 71.5 cm³/mol. The topological polar surface area (TPSA) is 12.0 Å². The van der Waals surface area contributed by atoms with Gasteiger partial charge in [-0.25, -0.2) is 0 Å². The van der Waals surface area contributed by atoms with Crippen LogP contribution in [0.2, 0.25) is 0 Å². The molecule has 0 aromatic heterocycles. The monoisotopic (exact) mass is 229 g/mol. The molecule has 15 heavy (non-hydrogen) atoms. The molecule has 1 saturated carbocycles. The first kappa shape index (κ1) is 13.4. The molecule has 0 amide bonds. The maximum Gasteiger partial charge on any atom is 0.000822 e. The molecule has 0 aliphatic heterocycles. The number of hydrogen-bond acceptors (Lipinski definition) is 2. The summed E-state index contributed by atoms with van der Waals surface area (Å²) in [5.74, 6) is 3.09. The molecule has 1 unspecified atom stereocenters. The molecule has 1 rings (SSSR count). The normalized spacial score (nSPS) is 20.6. The molecule has 1 aliphatic carbocycles. The summed E-state index contributed by atoms with van der Waals surface area (Å²) < 4.78 is 0. The molecule has 1 atom stereocenters. The summed E-state index contributed by atoms with van der Waals surface area (Å²) in [5, 5.41) is 3.65. The van der Waals surface area contributed by atoms with Gasteiger partial charge in [0.05, 0.1) is 0 Å². The van der Waals surface area contributed by atoms with Gasteiger partial charge in [-0.1, -0.05) is 20.8 Å². The van der Waals surface area contributed by atoms with Gasteiger partial charge in [0.2, 0.25) is 0 Å². The molecule has 1 fully saturated rings. The second kappa shape index (κ2) is 6.15. The van der Waals surface area contributed by atoms with Crippen molar-refractivity contribution in [3.63, 3.8) is 0 Å². The number of rotatable bonds is 8. The Kier molecular flexibility index (Phi) is 5.48. The van der Waals surface area contributed by atoms with E-state index in [0.717, 1.165) is 11.8 Å². The van der Waals surface area contributed by atoms with Crippen LogP contribution in [0.5, 0.6) is 0 Å². The lowest BCUT2D eigenvalue weighted by molar-refractivity contribution is 0.246. The zero-order valence-corrected chi connectivity index (χ0v) is 11.6. The molecule has 0 aromatic rings. The van der Waals surface area contributed by atoms with E-state index in [4.69, 9.17) is 0 Å². The lowest BCUT2D eigenvalue weighted by Crippen LogP contribution is -2.36. The summed E-state index contributed by atoms with van der Waals surface area (Å²) >= 11 is 1.99. The lowest BCUT2D eigenvalue weighted by Gasteiger charge is -2.30. The highest BCUT2D eigenvalue weighted by atomic mass is 32.2. The van der Waals surface area contributed by atoms with Crippen LogP contribution in [-0.2, 0) is 0 Å². The van der Waals surface area contributed by atoms with Crippen LogP contribution in [0, 0.1) is 17.3 Å². The van der Waals surface area contributed by atoms with E-state index in [1.165, 1.54) is 38.1 Å². The van der Waals surface area contributed by atoms with E-state index in [9.17, 15) is 0 Å². The van der Waals surface area contributed by atoms with E-state index in [0.29, 0.717) is 5.41 Å². The van der Waals surface area contributed by atoms with Gasteiger partial charge in [0, 0.05) is 6.54 Å². The third-order valence-corrected chi connectivity index (χ3v) is 4.13. The fourth-order valence-electron chi connectivity index (χ4n) is 2.20. The Labute approximate surface area is 99.8 Å². The van der Waals surface area contributed by atoms with Crippen molar-refractivity contribution in [1.29, 1.82) is 0 Å².